The van der Waals surface area contributed by atoms with E-state index in [1.807, 2.05) is 6.07 Å². The Morgan fingerprint density at radius 2 is 2.28 bits per heavy atom. The van der Waals surface area contributed by atoms with Gasteiger partial charge in [0.05, 0.1) is 17.4 Å². The number of nitrogens with zero attached hydrogens (tertiary/aromatic N) is 1. The highest BCUT2D eigenvalue weighted by Crippen LogP contribution is 2.19. The number of carbonyl (C=O) groups excluding carboxylic acids is 1. The monoisotopic (exact) mass is 264 g/mol. The van der Waals surface area contributed by atoms with Crippen molar-refractivity contribution in [2.24, 2.45) is 0 Å². The molecular formula is C13H13FN2OS. The van der Waals surface area contributed by atoms with Gasteiger partial charge in [-0.2, -0.15) is 5.26 Å². The number of thioether (sulfide) groups is 1. The first-order chi connectivity index (χ1) is 8.67. The SMILES string of the molecule is N#Cc1cc(F)cc(CSCC(=O)NC2CC2)c1. The molecule has 94 valence electrons. The van der Waals surface area contributed by atoms with Crippen molar-refractivity contribution >= 4 is 17.7 Å². The van der Waals surface area contributed by atoms with E-state index >= 15 is 0 Å². The van der Waals surface area contributed by atoms with Crippen LogP contribution in [0.15, 0.2) is 18.2 Å². The van der Waals surface area contributed by atoms with Gasteiger partial charge in [0.2, 0.25) is 5.91 Å². The molecule has 0 atom stereocenters. The number of halogens is 1. The van der Waals surface area contributed by atoms with Crippen LogP contribution >= 0.6 is 11.8 Å². The molecule has 2 rings (SSSR count). The highest BCUT2D eigenvalue weighted by Gasteiger charge is 2.22. The van der Waals surface area contributed by atoms with Crippen molar-refractivity contribution in [2.75, 3.05) is 5.75 Å². The Balaban J connectivity index is 1.80. The summed E-state index contributed by atoms with van der Waals surface area (Å²) in [7, 11) is 0. The summed E-state index contributed by atoms with van der Waals surface area (Å²) in [4.78, 5) is 11.4. The van der Waals surface area contributed by atoms with Crippen LogP contribution in [0.25, 0.3) is 0 Å². The number of amides is 1. The minimum Gasteiger partial charge on any atom is -0.353 e. The standard InChI is InChI=1S/C13H13FN2OS/c14-11-4-9(6-15)3-10(5-11)7-18-8-13(17)16-12-1-2-12/h3-5,12H,1-2,7-8H2,(H,16,17). The van der Waals surface area contributed by atoms with Crippen molar-refractivity contribution < 1.29 is 9.18 Å². The van der Waals surface area contributed by atoms with Gasteiger partial charge in [-0.25, -0.2) is 4.39 Å². The molecule has 3 nitrogen and oxygen atoms in total. The lowest BCUT2D eigenvalue weighted by Gasteiger charge is -2.04. The van der Waals surface area contributed by atoms with Crippen LogP contribution in [-0.4, -0.2) is 17.7 Å². The second kappa shape index (κ2) is 5.87. The van der Waals surface area contributed by atoms with Crippen LogP contribution in [0.2, 0.25) is 0 Å². The van der Waals surface area contributed by atoms with Crippen LogP contribution in [0, 0.1) is 17.1 Å². The zero-order valence-corrected chi connectivity index (χ0v) is 10.6. The van der Waals surface area contributed by atoms with Gasteiger partial charge < -0.3 is 5.32 Å². The van der Waals surface area contributed by atoms with E-state index in [4.69, 9.17) is 5.26 Å². The summed E-state index contributed by atoms with van der Waals surface area (Å²) in [6, 6.07) is 6.53. The topological polar surface area (TPSA) is 52.9 Å². The largest absolute Gasteiger partial charge is 0.353 e. The van der Waals surface area contributed by atoms with Gasteiger partial charge in [-0.1, -0.05) is 0 Å². The van der Waals surface area contributed by atoms with E-state index in [9.17, 15) is 9.18 Å². The highest BCUT2D eigenvalue weighted by atomic mass is 32.2. The lowest BCUT2D eigenvalue weighted by Crippen LogP contribution is -2.27. The zero-order valence-electron chi connectivity index (χ0n) is 9.78. The zero-order chi connectivity index (χ0) is 13.0. The number of hydrogen-bond acceptors (Lipinski definition) is 3. The molecule has 0 spiro atoms. The number of hydrogen-bond donors (Lipinski definition) is 1. The van der Waals surface area contributed by atoms with E-state index in [1.54, 1.807) is 6.07 Å². The third kappa shape index (κ3) is 4.04. The quantitative estimate of drug-likeness (QED) is 0.887. The van der Waals surface area contributed by atoms with Crippen molar-refractivity contribution in [1.82, 2.24) is 5.32 Å². The van der Waals surface area contributed by atoms with Crippen LogP contribution in [0.1, 0.15) is 24.0 Å². The Morgan fingerprint density at radius 1 is 1.50 bits per heavy atom. The molecule has 1 aliphatic carbocycles. The molecule has 1 aromatic rings. The predicted octanol–water partition coefficient (Wildman–Crippen LogP) is 2.21. The van der Waals surface area contributed by atoms with E-state index < -0.39 is 5.82 Å². The van der Waals surface area contributed by atoms with Crippen molar-refractivity contribution in [3.8, 4) is 6.07 Å². The second-order valence-electron chi connectivity index (χ2n) is 4.29. The van der Waals surface area contributed by atoms with Gasteiger partial charge in [-0.3, -0.25) is 4.79 Å². The Kier molecular flexibility index (Phi) is 4.21. The first kappa shape index (κ1) is 12.9. The maximum Gasteiger partial charge on any atom is 0.230 e. The van der Waals surface area contributed by atoms with Gasteiger partial charge in [0.25, 0.3) is 0 Å². The molecule has 1 fully saturated rings. The molecule has 0 saturated heterocycles. The second-order valence-corrected chi connectivity index (χ2v) is 5.28. The van der Waals surface area contributed by atoms with Crippen LogP contribution in [0.4, 0.5) is 4.39 Å². The third-order valence-corrected chi connectivity index (χ3v) is 3.53. The first-order valence-electron chi connectivity index (χ1n) is 5.74. The maximum absolute atomic E-state index is 13.1. The molecule has 1 amide bonds. The number of carbonyl (C=O) groups is 1. The average molecular weight is 264 g/mol. The molecule has 0 radical (unpaired) electrons. The van der Waals surface area contributed by atoms with Gasteiger partial charge in [0.15, 0.2) is 0 Å². The fourth-order valence-electron chi connectivity index (χ4n) is 1.56. The van der Waals surface area contributed by atoms with E-state index in [0.29, 0.717) is 23.1 Å². The summed E-state index contributed by atoms with van der Waals surface area (Å²) in [5.74, 6) is 0.519. The molecule has 0 heterocycles. The summed E-state index contributed by atoms with van der Waals surface area (Å²) in [5.41, 5.74) is 1.05. The fourth-order valence-corrected chi connectivity index (χ4v) is 2.33. The number of nitrogens with one attached hydrogen (secondary N) is 1. The number of rotatable bonds is 5. The summed E-state index contributed by atoms with van der Waals surface area (Å²) in [6.45, 7) is 0. The molecular weight excluding hydrogens is 251 g/mol. The normalized spacial score (nSPS) is 14.0. The molecule has 0 unspecified atom stereocenters. The predicted molar refractivity (Wildman–Crippen MR) is 68.4 cm³/mol. The molecule has 18 heavy (non-hydrogen) atoms. The van der Waals surface area contributed by atoms with Gasteiger partial charge in [0.1, 0.15) is 5.82 Å². The van der Waals surface area contributed by atoms with Gasteiger partial charge in [-0.05, 0) is 36.6 Å². The molecule has 0 bridgehead atoms. The maximum atomic E-state index is 13.1. The average Bonchev–Trinajstić information content (AvgIpc) is 3.12. The summed E-state index contributed by atoms with van der Waals surface area (Å²) >= 11 is 1.42. The van der Waals surface area contributed by atoms with Crippen molar-refractivity contribution in [1.29, 1.82) is 5.26 Å². The molecule has 5 heteroatoms. The van der Waals surface area contributed by atoms with E-state index in [0.717, 1.165) is 18.4 Å². The van der Waals surface area contributed by atoms with Crippen LogP contribution in [0.5, 0.6) is 0 Å². The Hall–Kier alpha value is -1.54. The van der Waals surface area contributed by atoms with Gasteiger partial charge >= 0.3 is 0 Å². The molecule has 1 saturated carbocycles. The van der Waals surface area contributed by atoms with Crippen LogP contribution in [0.3, 0.4) is 0 Å². The van der Waals surface area contributed by atoms with Crippen molar-refractivity contribution in [3.05, 3.63) is 35.1 Å². The van der Waals surface area contributed by atoms with Crippen LogP contribution in [-0.2, 0) is 10.5 Å². The molecule has 0 aromatic heterocycles. The Morgan fingerprint density at radius 3 is 2.94 bits per heavy atom. The van der Waals surface area contributed by atoms with Gasteiger partial charge in [-0.15, -0.1) is 11.8 Å². The summed E-state index contributed by atoms with van der Waals surface area (Å²) < 4.78 is 13.1. The number of benzene rings is 1. The minimum absolute atomic E-state index is 0.0272. The molecule has 1 aliphatic rings. The third-order valence-electron chi connectivity index (χ3n) is 2.53. The van der Waals surface area contributed by atoms with E-state index in [2.05, 4.69) is 5.32 Å². The minimum atomic E-state index is -0.410. The smallest absolute Gasteiger partial charge is 0.230 e. The Labute approximate surface area is 109 Å². The van der Waals surface area contributed by atoms with E-state index in [1.165, 1.54) is 23.9 Å². The highest BCUT2D eigenvalue weighted by molar-refractivity contribution is 7.99. The fraction of sp³-hybridized carbons (Fsp3) is 0.385. The van der Waals surface area contributed by atoms with Crippen LogP contribution < -0.4 is 5.32 Å². The lowest BCUT2D eigenvalue weighted by molar-refractivity contribution is -0.118. The first-order valence-corrected chi connectivity index (χ1v) is 6.89. The van der Waals surface area contributed by atoms with E-state index in [-0.39, 0.29) is 5.91 Å². The summed E-state index contributed by atoms with van der Waals surface area (Å²) in [6.07, 6.45) is 2.15. The summed E-state index contributed by atoms with van der Waals surface area (Å²) in [5, 5.41) is 11.6. The van der Waals surface area contributed by atoms with Gasteiger partial charge in [0, 0.05) is 11.8 Å². The Bertz CT molecular complexity index is 494. The number of nitriles is 1. The van der Waals surface area contributed by atoms with Crippen molar-refractivity contribution in [3.63, 3.8) is 0 Å². The molecule has 1 N–H and O–H groups in total. The lowest BCUT2D eigenvalue weighted by atomic mass is 10.1. The van der Waals surface area contributed by atoms with Crippen molar-refractivity contribution in [2.45, 2.75) is 24.6 Å². The molecule has 0 aliphatic heterocycles. The molecule has 1 aromatic carbocycles.